The first-order valence-electron chi connectivity index (χ1n) is 9.12. The van der Waals surface area contributed by atoms with E-state index in [1.54, 1.807) is 4.90 Å². The van der Waals surface area contributed by atoms with Gasteiger partial charge in [-0.05, 0) is 49.9 Å². The van der Waals surface area contributed by atoms with Crippen molar-refractivity contribution in [3.8, 4) is 5.75 Å². The van der Waals surface area contributed by atoms with E-state index in [9.17, 15) is 9.59 Å². The summed E-state index contributed by atoms with van der Waals surface area (Å²) in [7, 11) is 0. The van der Waals surface area contributed by atoms with Gasteiger partial charge in [0, 0.05) is 43.2 Å². The van der Waals surface area contributed by atoms with E-state index in [4.69, 9.17) is 9.84 Å². The van der Waals surface area contributed by atoms with E-state index < -0.39 is 6.09 Å². The predicted octanol–water partition coefficient (Wildman–Crippen LogP) is 2.48. The molecule has 6 heteroatoms. The van der Waals surface area contributed by atoms with Gasteiger partial charge in [-0.25, -0.2) is 4.79 Å². The first kappa shape index (κ1) is 16.4. The average molecular weight is 344 g/mol. The maximum Gasteiger partial charge on any atom is 0.407 e. The summed E-state index contributed by atoms with van der Waals surface area (Å²) in [6, 6.07) is 8.00. The number of nitrogens with zero attached hydrogens (tertiary/aromatic N) is 2. The summed E-state index contributed by atoms with van der Waals surface area (Å²) in [6.45, 7) is 3.05. The zero-order chi connectivity index (χ0) is 17.4. The number of rotatable bonds is 7. The number of carbonyl (C=O) groups excluding carboxylic acids is 1. The molecule has 2 heterocycles. The molecular formula is C19H24N2O4. The highest BCUT2D eigenvalue weighted by atomic mass is 16.5. The van der Waals surface area contributed by atoms with Crippen LogP contribution in [-0.2, 0) is 0 Å². The van der Waals surface area contributed by atoms with E-state index in [2.05, 4.69) is 4.90 Å². The van der Waals surface area contributed by atoms with Crippen LogP contribution in [0.1, 0.15) is 36.0 Å². The van der Waals surface area contributed by atoms with Gasteiger partial charge in [-0.2, -0.15) is 0 Å². The van der Waals surface area contributed by atoms with Crippen LogP contribution < -0.4 is 4.74 Å². The molecule has 2 atom stereocenters. The lowest BCUT2D eigenvalue weighted by atomic mass is 10.1. The zero-order valence-corrected chi connectivity index (χ0v) is 14.3. The average Bonchev–Trinajstić information content (AvgIpc) is 3.28. The summed E-state index contributed by atoms with van der Waals surface area (Å²) in [5.41, 5.74) is 0.783. The molecule has 25 heavy (non-hydrogen) atoms. The Labute approximate surface area is 147 Å². The third-order valence-corrected chi connectivity index (χ3v) is 5.55. The molecule has 3 aliphatic rings. The number of fused-ring (bicyclic) bond motifs is 2. The smallest absolute Gasteiger partial charge is 0.407 e. The first-order valence-corrected chi connectivity index (χ1v) is 9.12. The summed E-state index contributed by atoms with van der Waals surface area (Å²) in [6.07, 6.45) is 3.14. The van der Waals surface area contributed by atoms with Crippen molar-refractivity contribution >= 4 is 11.9 Å². The highest BCUT2D eigenvalue weighted by Gasteiger charge is 2.44. The van der Waals surface area contributed by atoms with Crippen LogP contribution in [0.15, 0.2) is 24.3 Å². The molecule has 1 amide bonds. The fourth-order valence-corrected chi connectivity index (χ4v) is 4.01. The van der Waals surface area contributed by atoms with Gasteiger partial charge in [0.15, 0.2) is 5.78 Å². The third kappa shape index (κ3) is 3.49. The minimum atomic E-state index is -0.793. The number of hydrogen-bond acceptors (Lipinski definition) is 4. The van der Waals surface area contributed by atoms with Crippen molar-refractivity contribution in [2.75, 3.05) is 26.2 Å². The van der Waals surface area contributed by atoms with Gasteiger partial charge in [-0.3, -0.25) is 9.69 Å². The lowest BCUT2D eigenvalue weighted by Crippen LogP contribution is -2.48. The number of benzene rings is 1. The minimum Gasteiger partial charge on any atom is -0.494 e. The molecule has 134 valence electrons. The quantitative estimate of drug-likeness (QED) is 0.608. The van der Waals surface area contributed by atoms with Gasteiger partial charge < -0.3 is 14.7 Å². The summed E-state index contributed by atoms with van der Waals surface area (Å²) >= 11 is 0. The standard InChI is InChI=1S/C19H24N2O4/c22-18(13-2-3-13)14-4-6-17(7-5-14)25-9-1-8-20-11-16-10-15(20)12-21(16)19(23)24/h4-7,13,15-16H,1-3,8-12H2,(H,23,24)/t15-,16-/m0/s1. The van der Waals surface area contributed by atoms with Crippen LogP contribution in [0.4, 0.5) is 4.79 Å². The molecule has 0 spiro atoms. The maximum absolute atomic E-state index is 12.0. The third-order valence-electron chi connectivity index (χ3n) is 5.55. The van der Waals surface area contributed by atoms with Gasteiger partial charge >= 0.3 is 6.09 Å². The van der Waals surface area contributed by atoms with Crippen LogP contribution in [-0.4, -0.2) is 65.1 Å². The summed E-state index contributed by atoms with van der Waals surface area (Å²) in [5, 5.41) is 9.12. The SMILES string of the molecule is O=C(c1ccc(OCCCN2C[C@@H]3C[C@H]2CN3C(=O)O)cc1)C1CC1. The Bertz CT molecular complexity index is 656. The molecule has 6 nitrogen and oxygen atoms in total. The van der Waals surface area contributed by atoms with Crippen molar-refractivity contribution in [1.82, 2.24) is 9.80 Å². The molecule has 1 saturated carbocycles. The van der Waals surface area contributed by atoms with Crippen molar-refractivity contribution in [3.05, 3.63) is 29.8 Å². The Balaban J connectivity index is 1.18. The number of carboxylic acid groups (broad SMARTS) is 1. The molecule has 1 N–H and O–H groups in total. The molecule has 1 aromatic carbocycles. The van der Waals surface area contributed by atoms with E-state index in [0.29, 0.717) is 19.2 Å². The van der Waals surface area contributed by atoms with Crippen molar-refractivity contribution in [1.29, 1.82) is 0 Å². The molecule has 0 aromatic heterocycles. The molecule has 2 bridgehead atoms. The number of carbonyl (C=O) groups is 2. The Morgan fingerprint density at radius 3 is 2.48 bits per heavy atom. The van der Waals surface area contributed by atoms with Crippen LogP contribution in [0.2, 0.25) is 0 Å². The van der Waals surface area contributed by atoms with Crippen molar-refractivity contribution in [2.24, 2.45) is 5.92 Å². The Hall–Kier alpha value is -2.08. The van der Waals surface area contributed by atoms with E-state index in [1.165, 1.54) is 0 Å². The van der Waals surface area contributed by atoms with Crippen molar-refractivity contribution in [2.45, 2.75) is 37.8 Å². The molecule has 2 aliphatic heterocycles. The maximum atomic E-state index is 12.0. The summed E-state index contributed by atoms with van der Waals surface area (Å²) in [4.78, 5) is 27.0. The van der Waals surface area contributed by atoms with E-state index in [0.717, 1.165) is 50.1 Å². The van der Waals surface area contributed by atoms with Gasteiger partial charge in [-0.15, -0.1) is 0 Å². The van der Waals surface area contributed by atoms with Crippen molar-refractivity contribution in [3.63, 3.8) is 0 Å². The van der Waals surface area contributed by atoms with Gasteiger partial charge in [0.25, 0.3) is 0 Å². The molecule has 2 saturated heterocycles. The van der Waals surface area contributed by atoms with E-state index >= 15 is 0 Å². The number of ketones is 1. The second-order valence-corrected chi connectivity index (χ2v) is 7.34. The number of likely N-dealkylation sites (tertiary alicyclic amines) is 2. The highest BCUT2D eigenvalue weighted by molar-refractivity contribution is 5.99. The molecule has 0 radical (unpaired) electrons. The molecule has 4 rings (SSSR count). The summed E-state index contributed by atoms with van der Waals surface area (Å²) < 4.78 is 5.77. The van der Waals surface area contributed by atoms with Gasteiger partial charge in [0.2, 0.25) is 0 Å². The number of ether oxygens (including phenoxy) is 1. The Kier molecular flexibility index (Phi) is 4.37. The Morgan fingerprint density at radius 1 is 1.12 bits per heavy atom. The monoisotopic (exact) mass is 344 g/mol. The Morgan fingerprint density at radius 2 is 1.88 bits per heavy atom. The molecule has 1 aliphatic carbocycles. The van der Waals surface area contributed by atoms with E-state index in [-0.39, 0.29) is 17.7 Å². The predicted molar refractivity (Wildman–Crippen MR) is 92.1 cm³/mol. The van der Waals surface area contributed by atoms with Gasteiger partial charge in [0.05, 0.1) is 6.61 Å². The van der Waals surface area contributed by atoms with E-state index in [1.807, 2.05) is 24.3 Å². The topological polar surface area (TPSA) is 70.1 Å². The molecule has 0 unspecified atom stereocenters. The molecule has 1 aromatic rings. The van der Waals surface area contributed by atoms with Crippen LogP contribution >= 0.6 is 0 Å². The first-order chi connectivity index (χ1) is 12.1. The highest BCUT2D eigenvalue weighted by Crippen LogP contribution is 2.33. The second-order valence-electron chi connectivity index (χ2n) is 7.34. The fourth-order valence-electron chi connectivity index (χ4n) is 4.01. The lowest BCUT2D eigenvalue weighted by molar-refractivity contribution is 0.0966. The van der Waals surface area contributed by atoms with Crippen LogP contribution in [0.5, 0.6) is 5.75 Å². The van der Waals surface area contributed by atoms with Crippen LogP contribution in [0.3, 0.4) is 0 Å². The fraction of sp³-hybridized carbons (Fsp3) is 0.579. The van der Waals surface area contributed by atoms with Crippen molar-refractivity contribution < 1.29 is 19.4 Å². The normalized spacial score (nSPS) is 25.4. The molecular weight excluding hydrogens is 320 g/mol. The van der Waals surface area contributed by atoms with Crippen LogP contribution in [0, 0.1) is 5.92 Å². The largest absolute Gasteiger partial charge is 0.494 e. The number of piperazine rings is 1. The van der Waals surface area contributed by atoms with Gasteiger partial charge in [0.1, 0.15) is 5.75 Å². The number of amides is 1. The summed E-state index contributed by atoms with van der Waals surface area (Å²) in [5.74, 6) is 1.30. The van der Waals surface area contributed by atoms with Gasteiger partial charge in [-0.1, -0.05) is 0 Å². The molecule has 3 fully saturated rings. The minimum absolute atomic E-state index is 0.167. The number of Topliss-reactive ketones (excluding diaryl/α,β-unsaturated/α-hetero) is 1. The number of hydrogen-bond donors (Lipinski definition) is 1. The van der Waals surface area contributed by atoms with Crippen LogP contribution in [0.25, 0.3) is 0 Å². The lowest BCUT2D eigenvalue weighted by Gasteiger charge is -2.32. The zero-order valence-electron chi connectivity index (χ0n) is 14.3. The second kappa shape index (κ2) is 6.67.